The maximum Gasteiger partial charge on any atom is 0.129 e. The molecule has 0 aromatic heterocycles. The molecule has 0 aliphatic heterocycles. The highest BCUT2D eigenvalue weighted by Crippen LogP contribution is 2.32. The molecule has 1 aromatic carbocycles. The summed E-state index contributed by atoms with van der Waals surface area (Å²) in [6, 6.07) is 3.40. The van der Waals surface area contributed by atoms with Crippen molar-refractivity contribution in [3.63, 3.8) is 0 Å². The van der Waals surface area contributed by atoms with E-state index in [0.29, 0.717) is 22.1 Å². The van der Waals surface area contributed by atoms with Crippen LogP contribution in [0, 0.1) is 0 Å². The van der Waals surface area contributed by atoms with E-state index in [-0.39, 0.29) is 6.61 Å². The lowest BCUT2D eigenvalue weighted by molar-refractivity contribution is 0.122. The van der Waals surface area contributed by atoms with Gasteiger partial charge in [-0.1, -0.05) is 11.6 Å². The topological polar surface area (TPSA) is 53.7 Å². The molecule has 4 nitrogen and oxygen atoms in total. The number of halogens is 1. The molecule has 2 N–H and O–H groups in total. The largest absolute Gasteiger partial charge is 0.497 e. The van der Waals surface area contributed by atoms with E-state index in [4.69, 9.17) is 27.0 Å². The van der Waals surface area contributed by atoms with E-state index in [9.17, 15) is 0 Å². The maximum absolute atomic E-state index is 5.98. The van der Waals surface area contributed by atoms with Crippen LogP contribution in [0.4, 0.5) is 0 Å². The van der Waals surface area contributed by atoms with E-state index < -0.39 is 0 Å². The fourth-order valence-corrected chi connectivity index (χ4v) is 1.37. The Bertz CT molecular complexity index is 317. The lowest BCUT2D eigenvalue weighted by atomic mass is 10.2. The Balaban J connectivity index is 3.13. The highest BCUT2D eigenvalue weighted by Gasteiger charge is 2.10. The molecule has 0 aliphatic rings. The van der Waals surface area contributed by atoms with Gasteiger partial charge in [-0.2, -0.15) is 0 Å². The zero-order valence-electron chi connectivity index (χ0n) is 8.04. The van der Waals surface area contributed by atoms with Crippen molar-refractivity contribution in [2.24, 2.45) is 5.90 Å². The van der Waals surface area contributed by atoms with Crippen LogP contribution >= 0.6 is 11.6 Å². The third-order valence-electron chi connectivity index (χ3n) is 1.81. The number of benzene rings is 1. The Kier molecular flexibility index (Phi) is 4.00. The van der Waals surface area contributed by atoms with Crippen LogP contribution in [0.25, 0.3) is 0 Å². The number of ether oxygens (including phenoxy) is 2. The lowest BCUT2D eigenvalue weighted by Gasteiger charge is -2.11. The molecule has 0 aliphatic carbocycles. The first-order valence-corrected chi connectivity index (χ1v) is 4.32. The Hall–Kier alpha value is -0.970. The molecule has 78 valence electrons. The van der Waals surface area contributed by atoms with Crippen LogP contribution in [0.3, 0.4) is 0 Å². The second-order valence-corrected chi connectivity index (χ2v) is 3.01. The van der Waals surface area contributed by atoms with Gasteiger partial charge in [0.2, 0.25) is 0 Å². The average molecular weight is 218 g/mol. The summed E-state index contributed by atoms with van der Waals surface area (Å²) in [5.74, 6) is 6.21. The van der Waals surface area contributed by atoms with E-state index in [2.05, 4.69) is 4.84 Å². The smallest absolute Gasteiger partial charge is 0.129 e. The minimum atomic E-state index is 0.200. The van der Waals surface area contributed by atoms with Gasteiger partial charge in [-0.15, -0.1) is 0 Å². The van der Waals surface area contributed by atoms with Crippen LogP contribution in [0.15, 0.2) is 12.1 Å². The fourth-order valence-electron chi connectivity index (χ4n) is 1.11. The molecule has 5 heteroatoms. The first-order chi connectivity index (χ1) is 6.72. The standard InChI is InChI=1S/C9H12ClNO3/c1-12-6-3-8(10)7(5-14-11)9(4-6)13-2/h3-4H,5,11H2,1-2H3. The molecule has 0 bridgehead atoms. The van der Waals surface area contributed by atoms with Crippen molar-refractivity contribution in [3.05, 3.63) is 22.7 Å². The number of hydrogen-bond donors (Lipinski definition) is 1. The predicted molar refractivity (Wildman–Crippen MR) is 53.5 cm³/mol. The van der Waals surface area contributed by atoms with Gasteiger partial charge in [-0.05, 0) is 6.07 Å². The van der Waals surface area contributed by atoms with Crippen molar-refractivity contribution in [2.45, 2.75) is 6.61 Å². The summed E-state index contributed by atoms with van der Waals surface area (Å²) in [5, 5.41) is 0.506. The average Bonchev–Trinajstić information content (AvgIpc) is 2.20. The van der Waals surface area contributed by atoms with Gasteiger partial charge in [0.25, 0.3) is 0 Å². The minimum Gasteiger partial charge on any atom is -0.497 e. The van der Waals surface area contributed by atoms with Gasteiger partial charge < -0.3 is 9.47 Å². The Morgan fingerprint density at radius 1 is 1.29 bits per heavy atom. The van der Waals surface area contributed by atoms with E-state index >= 15 is 0 Å². The van der Waals surface area contributed by atoms with E-state index in [1.807, 2.05) is 0 Å². The van der Waals surface area contributed by atoms with Crippen LogP contribution in [0.1, 0.15) is 5.56 Å². The molecule has 1 aromatic rings. The SMILES string of the molecule is COc1cc(Cl)c(CON)c(OC)c1. The van der Waals surface area contributed by atoms with Gasteiger partial charge in [0.1, 0.15) is 11.5 Å². The quantitative estimate of drug-likeness (QED) is 0.781. The Labute approximate surface area is 87.5 Å². The molecule has 14 heavy (non-hydrogen) atoms. The van der Waals surface area contributed by atoms with Crippen molar-refractivity contribution >= 4 is 11.6 Å². The summed E-state index contributed by atoms with van der Waals surface area (Å²) < 4.78 is 10.2. The van der Waals surface area contributed by atoms with Crippen LogP contribution in [-0.4, -0.2) is 14.2 Å². The maximum atomic E-state index is 5.98. The summed E-state index contributed by atoms with van der Waals surface area (Å²) in [7, 11) is 3.11. The molecule has 0 spiro atoms. The molecule has 0 fully saturated rings. The molecule has 0 radical (unpaired) electrons. The summed E-state index contributed by atoms with van der Waals surface area (Å²) in [4.78, 5) is 4.52. The molecule has 0 saturated heterocycles. The monoisotopic (exact) mass is 217 g/mol. The normalized spacial score (nSPS) is 10.0. The molecule has 0 saturated carbocycles. The van der Waals surface area contributed by atoms with Gasteiger partial charge in [0, 0.05) is 11.6 Å². The molecule has 1 rings (SSSR count). The van der Waals surface area contributed by atoms with E-state index in [0.717, 1.165) is 0 Å². The first kappa shape index (κ1) is 11.1. The van der Waals surface area contributed by atoms with E-state index in [1.165, 1.54) is 0 Å². The van der Waals surface area contributed by atoms with Crippen molar-refractivity contribution in [3.8, 4) is 11.5 Å². The fraction of sp³-hybridized carbons (Fsp3) is 0.333. The molecular formula is C9H12ClNO3. The molecule has 0 amide bonds. The highest BCUT2D eigenvalue weighted by molar-refractivity contribution is 6.31. The van der Waals surface area contributed by atoms with Crippen molar-refractivity contribution in [2.75, 3.05) is 14.2 Å². The van der Waals surface area contributed by atoms with Crippen molar-refractivity contribution < 1.29 is 14.3 Å². The Morgan fingerprint density at radius 2 is 2.00 bits per heavy atom. The first-order valence-electron chi connectivity index (χ1n) is 3.95. The van der Waals surface area contributed by atoms with Gasteiger partial charge in [0.15, 0.2) is 0 Å². The number of nitrogens with two attached hydrogens (primary N) is 1. The third kappa shape index (κ3) is 2.29. The van der Waals surface area contributed by atoms with Crippen LogP contribution in [-0.2, 0) is 11.4 Å². The van der Waals surface area contributed by atoms with Crippen molar-refractivity contribution in [1.29, 1.82) is 0 Å². The molecular weight excluding hydrogens is 206 g/mol. The predicted octanol–water partition coefficient (Wildman–Crippen LogP) is 1.75. The van der Waals surface area contributed by atoms with Gasteiger partial charge >= 0.3 is 0 Å². The summed E-state index contributed by atoms with van der Waals surface area (Å²) >= 11 is 5.98. The molecule has 0 unspecified atom stereocenters. The summed E-state index contributed by atoms with van der Waals surface area (Å²) in [6.07, 6.45) is 0. The van der Waals surface area contributed by atoms with E-state index in [1.54, 1.807) is 26.4 Å². The molecule has 0 heterocycles. The zero-order chi connectivity index (χ0) is 10.6. The summed E-state index contributed by atoms with van der Waals surface area (Å²) in [5.41, 5.74) is 0.706. The number of methoxy groups -OCH3 is 2. The lowest BCUT2D eigenvalue weighted by Crippen LogP contribution is -2.02. The van der Waals surface area contributed by atoms with Crippen LogP contribution < -0.4 is 15.4 Å². The summed E-state index contributed by atoms with van der Waals surface area (Å²) in [6.45, 7) is 0.200. The number of rotatable bonds is 4. The Morgan fingerprint density at radius 3 is 2.50 bits per heavy atom. The minimum absolute atomic E-state index is 0.200. The van der Waals surface area contributed by atoms with Gasteiger partial charge in [-0.25, -0.2) is 5.90 Å². The molecule has 0 atom stereocenters. The van der Waals surface area contributed by atoms with Gasteiger partial charge in [-0.3, -0.25) is 4.84 Å². The van der Waals surface area contributed by atoms with Crippen LogP contribution in [0.5, 0.6) is 11.5 Å². The zero-order valence-corrected chi connectivity index (χ0v) is 8.80. The van der Waals surface area contributed by atoms with Crippen molar-refractivity contribution in [1.82, 2.24) is 0 Å². The van der Waals surface area contributed by atoms with Crippen LogP contribution in [0.2, 0.25) is 5.02 Å². The van der Waals surface area contributed by atoms with Gasteiger partial charge in [0.05, 0.1) is 25.8 Å². The second-order valence-electron chi connectivity index (χ2n) is 2.60. The highest BCUT2D eigenvalue weighted by atomic mass is 35.5. The second kappa shape index (κ2) is 5.05. The number of hydrogen-bond acceptors (Lipinski definition) is 4. The third-order valence-corrected chi connectivity index (χ3v) is 2.15.